The fourth-order valence-electron chi connectivity index (χ4n) is 1.90. The van der Waals surface area contributed by atoms with Crippen molar-refractivity contribution in [2.75, 3.05) is 7.11 Å². The van der Waals surface area contributed by atoms with Gasteiger partial charge in [0, 0.05) is 6.54 Å². The molecule has 0 aliphatic rings. The van der Waals surface area contributed by atoms with Crippen LogP contribution in [0.1, 0.15) is 23.0 Å². The first-order valence-corrected chi connectivity index (χ1v) is 6.21. The van der Waals surface area contributed by atoms with Gasteiger partial charge in [0.2, 0.25) is 0 Å². The van der Waals surface area contributed by atoms with Gasteiger partial charge in [0.15, 0.2) is 11.5 Å². The molecule has 106 valence electrons. The fourth-order valence-corrected chi connectivity index (χ4v) is 1.90. The van der Waals surface area contributed by atoms with E-state index in [2.05, 4.69) is 5.10 Å². The zero-order valence-electron chi connectivity index (χ0n) is 11.4. The molecule has 0 bridgehead atoms. The van der Waals surface area contributed by atoms with E-state index in [1.807, 2.05) is 19.1 Å². The van der Waals surface area contributed by atoms with E-state index in [9.17, 15) is 4.79 Å². The highest BCUT2D eigenvalue weighted by Crippen LogP contribution is 2.27. The number of aromatic carboxylic acids is 1. The second-order valence-corrected chi connectivity index (χ2v) is 4.07. The molecule has 0 radical (unpaired) electrons. The Morgan fingerprint density at radius 3 is 2.65 bits per heavy atom. The Bertz CT molecular complexity index is 607. The van der Waals surface area contributed by atoms with Crippen molar-refractivity contribution < 1.29 is 19.4 Å². The van der Waals surface area contributed by atoms with Crippen molar-refractivity contribution in [2.45, 2.75) is 20.1 Å². The number of benzene rings is 1. The topological polar surface area (TPSA) is 73.6 Å². The van der Waals surface area contributed by atoms with E-state index in [4.69, 9.17) is 14.6 Å². The van der Waals surface area contributed by atoms with Gasteiger partial charge in [-0.25, -0.2) is 4.79 Å². The SMILES string of the molecule is CCn1ncc(C(=O)O)c1COc1ccccc1OC. The highest BCUT2D eigenvalue weighted by molar-refractivity contribution is 5.88. The van der Waals surface area contributed by atoms with E-state index >= 15 is 0 Å². The van der Waals surface area contributed by atoms with Crippen LogP contribution in [0.4, 0.5) is 0 Å². The summed E-state index contributed by atoms with van der Waals surface area (Å²) in [6.07, 6.45) is 1.34. The van der Waals surface area contributed by atoms with Crippen molar-refractivity contribution in [2.24, 2.45) is 0 Å². The molecule has 0 aliphatic heterocycles. The summed E-state index contributed by atoms with van der Waals surface area (Å²) in [7, 11) is 1.56. The molecule has 0 saturated heterocycles. The van der Waals surface area contributed by atoms with E-state index in [1.54, 1.807) is 23.9 Å². The average Bonchev–Trinajstić information content (AvgIpc) is 2.88. The van der Waals surface area contributed by atoms with Crippen molar-refractivity contribution in [3.05, 3.63) is 41.7 Å². The Hall–Kier alpha value is -2.50. The molecule has 2 rings (SSSR count). The van der Waals surface area contributed by atoms with Crippen LogP contribution in [0.2, 0.25) is 0 Å². The van der Waals surface area contributed by atoms with Gasteiger partial charge >= 0.3 is 5.97 Å². The van der Waals surface area contributed by atoms with Gasteiger partial charge in [-0.3, -0.25) is 4.68 Å². The van der Waals surface area contributed by atoms with Gasteiger partial charge in [-0.2, -0.15) is 5.10 Å². The minimum absolute atomic E-state index is 0.121. The van der Waals surface area contributed by atoms with Crippen LogP contribution in [0.25, 0.3) is 0 Å². The molecule has 2 aromatic rings. The van der Waals surface area contributed by atoms with Gasteiger partial charge in [0.05, 0.1) is 19.0 Å². The molecule has 0 unspecified atom stereocenters. The summed E-state index contributed by atoms with van der Waals surface area (Å²) in [5.74, 6) is 0.158. The Morgan fingerprint density at radius 1 is 1.35 bits per heavy atom. The highest BCUT2D eigenvalue weighted by Gasteiger charge is 2.17. The number of methoxy groups -OCH3 is 1. The third-order valence-electron chi connectivity index (χ3n) is 2.91. The van der Waals surface area contributed by atoms with E-state index in [0.29, 0.717) is 23.7 Å². The number of aryl methyl sites for hydroxylation is 1. The number of hydrogen-bond donors (Lipinski definition) is 1. The lowest BCUT2D eigenvalue weighted by atomic mass is 10.2. The summed E-state index contributed by atoms with van der Waals surface area (Å²) in [6, 6.07) is 7.22. The van der Waals surface area contributed by atoms with Crippen LogP contribution >= 0.6 is 0 Å². The number of para-hydroxylation sites is 2. The predicted molar refractivity (Wildman–Crippen MR) is 72.2 cm³/mol. The summed E-state index contributed by atoms with van der Waals surface area (Å²) in [4.78, 5) is 11.2. The molecule has 0 saturated carbocycles. The highest BCUT2D eigenvalue weighted by atomic mass is 16.5. The maximum atomic E-state index is 11.2. The number of hydrogen-bond acceptors (Lipinski definition) is 4. The summed E-state index contributed by atoms with van der Waals surface area (Å²) in [5.41, 5.74) is 0.688. The van der Waals surface area contributed by atoms with E-state index < -0.39 is 5.97 Å². The van der Waals surface area contributed by atoms with Gasteiger partial charge in [0.1, 0.15) is 12.2 Å². The number of carboxylic acid groups (broad SMARTS) is 1. The second-order valence-electron chi connectivity index (χ2n) is 4.07. The number of rotatable bonds is 6. The van der Waals surface area contributed by atoms with Crippen LogP contribution in [-0.4, -0.2) is 28.0 Å². The van der Waals surface area contributed by atoms with E-state index in [1.165, 1.54) is 6.20 Å². The van der Waals surface area contributed by atoms with Crippen LogP contribution in [0, 0.1) is 0 Å². The molecular formula is C14H16N2O4. The lowest BCUT2D eigenvalue weighted by Gasteiger charge is -2.11. The Morgan fingerprint density at radius 2 is 2.05 bits per heavy atom. The molecule has 1 aromatic carbocycles. The zero-order valence-corrected chi connectivity index (χ0v) is 11.4. The number of carbonyl (C=O) groups is 1. The summed E-state index contributed by atoms with van der Waals surface area (Å²) >= 11 is 0. The predicted octanol–water partition coefficient (Wildman–Crippen LogP) is 2.19. The van der Waals surface area contributed by atoms with Gasteiger partial charge in [-0.05, 0) is 19.1 Å². The fraction of sp³-hybridized carbons (Fsp3) is 0.286. The standard InChI is InChI=1S/C14H16N2O4/c1-3-16-11(10(8-15-16)14(17)18)9-20-13-7-5-4-6-12(13)19-2/h4-8H,3,9H2,1-2H3,(H,17,18). The first kappa shape index (κ1) is 13.9. The molecule has 0 amide bonds. The van der Waals surface area contributed by atoms with E-state index in [-0.39, 0.29) is 12.2 Å². The monoisotopic (exact) mass is 276 g/mol. The normalized spacial score (nSPS) is 10.3. The molecule has 6 nitrogen and oxygen atoms in total. The van der Waals surface area contributed by atoms with E-state index in [0.717, 1.165) is 0 Å². The molecule has 20 heavy (non-hydrogen) atoms. The Kier molecular flexibility index (Phi) is 4.24. The van der Waals surface area contributed by atoms with Crippen molar-refractivity contribution in [1.82, 2.24) is 9.78 Å². The maximum Gasteiger partial charge on any atom is 0.339 e. The second kappa shape index (κ2) is 6.10. The van der Waals surface area contributed by atoms with Gasteiger partial charge in [0.25, 0.3) is 0 Å². The molecule has 1 N–H and O–H groups in total. The molecule has 0 aliphatic carbocycles. The van der Waals surface area contributed by atoms with Gasteiger partial charge in [-0.1, -0.05) is 12.1 Å². The largest absolute Gasteiger partial charge is 0.493 e. The minimum atomic E-state index is -1.01. The quantitative estimate of drug-likeness (QED) is 0.875. The van der Waals surface area contributed by atoms with Crippen LogP contribution in [0.15, 0.2) is 30.5 Å². The molecule has 0 fully saturated rings. The zero-order chi connectivity index (χ0) is 14.5. The lowest BCUT2D eigenvalue weighted by molar-refractivity contribution is 0.0693. The van der Waals surface area contributed by atoms with Crippen molar-refractivity contribution in [3.63, 3.8) is 0 Å². The van der Waals surface area contributed by atoms with Crippen LogP contribution in [0.5, 0.6) is 11.5 Å². The lowest BCUT2D eigenvalue weighted by Crippen LogP contribution is -2.10. The molecule has 1 heterocycles. The molecule has 6 heteroatoms. The van der Waals surface area contributed by atoms with Gasteiger partial charge in [-0.15, -0.1) is 0 Å². The summed E-state index contributed by atoms with van der Waals surface area (Å²) in [5, 5.41) is 13.2. The molecular weight excluding hydrogens is 260 g/mol. The van der Waals surface area contributed by atoms with Crippen LogP contribution < -0.4 is 9.47 Å². The number of aromatic nitrogens is 2. The van der Waals surface area contributed by atoms with Crippen molar-refractivity contribution in [1.29, 1.82) is 0 Å². The Labute approximate surface area is 116 Å². The molecule has 1 aromatic heterocycles. The van der Waals surface area contributed by atoms with Crippen molar-refractivity contribution in [3.8, 4) is 11.5 Å². The third kappa shape index (κ3) is 2.74. The van der Waals surface area contributed by atoms with Crippen LogP contribution in [-0.2, 0) is 13.2 Å². The van der Waals surface area contributed by atoms with Crippen LogP contribution in [0.3, 0.4) is 0 Å². The first-order chi connectivity index (χ1) is 9.67. The molecule has 0 spiro atoms. The number of carboxylic acids is 1. The summed E-state index contributed by atoms with van der Waals surface area (Å²) in [6.45, 7) is 2.60. The first-order valence-electron chi connectivity index (χ1n) is 6.21. The summed E-state index contributed by atoms with van der Waals surface area (Å²) < 4.78 is 12.5. The number of nitrogens with zero attached hydrogens (tertiary/aromatic N) is 2. The average molecular weight is 276 g/mol. The number of ether oxygens (including phenoxy) is 2. The van der Waals surface area contributed by atoms with Crippen molar-refractivity contribution >= 4 is 5.97 Å². The smallest absolute Gasteiger partial charge is 0.339 e. The van der Waals surface area contributed by atoms with Gasteiger partial charge < -0.3 is 14.6 Å². The maximum absolute atomic E-state index is 11.2. The Balaban J connectivity index is 2.22. The minimum Gasteiger partial charge on any atom is -0.493 e. The third-order valence-corrected chi connectivity index (χ3v) is 2.91. The molecule has 0 atom stereocenters.